The molecule has 31 heavy (non-hydrogen) atoms. The number of benzene rings is 3. The summed E-state index contributed by atoms with van der Waals surface area (Å²) < 4.78 is 0. The van der Waals surface area contributed by atoms with Crippen LogP contribution in [0.5, 0.6) is 0 Å². The van der Waals surface area contributed by atoms with E-state index in [9.17, 15) is 4.79 Å². The Morgan fingerprint density at radius 3 is 1.71 bits per heavy atom. The fraction of sp³-hybridized carbons (Fsp3) is 0.296. The average molecular weight is 433 g/mol. The predicted molar refractivity (Wildman–Crippen MR) is 127 cm³/mol. The van der Waals surface area contributed by atoms with Gasteiger partial charge in [-0.2, -0.15) is 0 Å². The monoisotopic (exact) mass is 432 g/mol. The summed E-state index contributed by atoms with van der Waals surface area (Å²) in [6, 6.07) is 32.2. The largest absolute Gasteiger partial charge is 0.340 e. The minimum atomic E-state index is 0. The van der Waals surface area contributed by atoms with Crippen molar-refractivity contribution in [2.75, 3.05) is 26.2 Å². The van der Waals surface area contributed by atoms with Crippen LogP contribution in [0.25, 0.3) is 0 Å². The molecule has 0 spiro atoms. The molecule has 5 rings (SSSR count). The predicted octanol–water partition coefficient (Wildman–Crippen LogP) is 5.15. The number of nitrogens with zero attached hydrogens (tertiary/aromatic N) is 2. The molecule has 1 amide bonds. The van der Waals surface area contributed by atoms with Gasteiger partial charge < -0.3 is 4.90 Å². The van der Waals surface area contributed by atoms with Gasteiger partial charge in [-0.05, 0) is 29.0 Å². The van der Waals surface area contributed by atoms with Gasteiger partial charge in [-0.3, -0.25) is 9.69 Å². The number of hydrogen-bond donors (Lipinski definition) is 0. The third-order valence-electron chi connectivity index (χ3n) is 6.56. The normalized spacial score (nSPS) is 20.9. The van der Waals surface area contributed by atoms with E-state index in [1.54, 1.807) is 0 Å². The molecule has 1 saturated carbocycles. The minimum absolute atomic E-state index is 0. The number of hydrogen-bond acceptors (Lipinski definition) is 2. The van der Waals surface area contributed by atoms with E-state index in [0.717, 1.165) is 32.6 Å². The lowest BCUT2D eigenvalue weighted by Crippen LogP contribution is -2.50. The Balaban J connectivity index is 0.00000231. The maximum absolute atomic E-state index is 13.1. The van der Waals surface area contributed by atoms with Crippen molar-refractivity contribution in [3.8, 4) is 0 Å². The van der Waals surface area contributed by atoms with Crippen molar-refractivity contribution in [1.29, 1.82) is 0 Å². The lowest BCUT2D eigenvalue weighted by Gasteiger charge is -2.40. The SMILES string of the molecule is Cl.O=C(C1CC1c1ccccc1)N1CCN(C(c2ccccc2)c2ccccc2)CC1. The summed E-state index contributed by atoms with van der Waals surface area (Å²) in [6.07, 6.45) is 1.000. The molecule has 1 heterocycles. The van der Waals surface area contributed by atoms with E-state index >= 15 is 0 Å². The van der Waals surface area contributed by atoms with Crippen LogP contribution in [-0.4, -0.2) is 41.9 Å². The second kappa shape index (κ2) is 9.67. The third-order valence-corrected chi connectivity index (χ3v) is 6.56. The van der Waals surface area contributed by atoms with Gasteiger partial charge in [0.25, 0.3) is 0 Å². The molecule has 3 aromatic rings. The van der Waals surface area contributed by atoms with Gasteiger partial charge in [0.15, 0.2) is 0 Å². The number of amides is 1. The molecule has 1 aliphatic heterocycles. The van der Waals surface area contributed by atoms with Crippen LogP contribution in [0.4, 0.5) is 0 Å². The van der Waals surface area contributed by atoms with E-state index < -0.39 is 0 Å². The van der Waals surface area contributed by atoms with Crippen LogP contribution < -0.4 is 0 Å². The Labute approximate surface area is 191 Å². The Kier molecular flexibility index (Phi) is 6.74. The highest BCUT2D eigenvalue weighted by molar-refractivity contribution is 5.85. The number of rotatable bonds is 5. The van der Waals surface area contributed by atoms with E-state index in [2.05, 4.69) is 94.7 Å². The Bertz CT molecular complexity index is 932. The molecule has 3 aromatic carbocycles. The number of carbonyl (C=O) groups excluding carboxylic acids is 1. The molecule has 0 bridgehead atoms. The molecule has 0 radical (unpaired) electrons. The standard InChI is InChI=1S/C27H28N2O.ClH/c30-27(25-20-24(25)21-10-4-1-5-11-21)29-18-16-28(17-19-29)26(22-12-6-2-7-13-22)23-14-8-3-9-15-23;/h1-15,24-26H,16-20H2;1H. The molecule has 2 aliphatic rings. The molecule has 0 aromatic heterocycles. The first-order chi connectivity index (χ1) is 14.8. The summed E-state index contributed by atoms with van der Waals surface area (Å²) in [5, 5.41) is 0. The van der Waals surface area contributed by atoms with Gasteiger partial charge in [0, 0.05) is 32.1 Å². The minimum Gasteiger partial charge on any atom is -0.340 e. The highest BCUT2D eigenvalue weighted by atomic mass is 35.5. The Morgan fingerprint density at radius 1 is 0.710 bits per heavy atom. The summed E-state index contributed by atoms with van der Waals surface area (Å²) in [4.78, 5) is 17.7. The molecule has 1 saturated heterocycles. The lowest BCUT2D eigenvalue weighted by molar-refractivity contribution is -0.134. The van der Waals surface area contributed by atoms with E-state index in [4.69, 9.17) is 0 Å². The molecule has 4 heteroatoms. The van der Waals surface area contributed by atoms with Gasteiger partial charge in [-0.25, -0.2) is 0 Å². The van der Waals surface area contributed by atoms with Crippen molar-refractivity contribution in [3.05, 3.63) is 108 Å². The molecule has 2 unspecified atom stereocenters. The maximum atomic E-state index is 13.1. The summed E-state index contributed by atoms with van der Waals surface area (Å²) in [5.74, 6) is 0.940. The molecule has 1 aliphatic carbocycles. The van der Waals surface area contributed by atoms with Crippen molar-refractivity contribution in [2.24, 2.45) is 5.92 Å². The van der Waals surface area contributed by atoms with Crippen LogP contribution >= 0.6 is 12.4 Å². The first-order valence-electron chi connectivity index (χ1n) is 11.0. The van der Waals surface area contributed by atoms with Gasteiger partial charge in [0.2, 0.25) is 5.91 Å². The van der Waals surface area contributed by atoms with Crippen LogP contribution in [-0.2, 0) is 4.79 Å². The molecule has 3 nitrogen and oxygen atoms in total. The van der Waals surface area contributed by atoms with Crippen molar-refractivity contribution in [3.63, 3.8) is 0 Å². The summed E-state index contributed by atoms with van der Waals surface area (Å²) in [7, 11) is 0. The van der Waals surface area contributed by atoms with Gasteiger partial charge in [0.05, 0.1) is 6.04 Å². The van der Waals surface area contributed by atoms with Gasteiger partial charge in [0.1, 0.15) is 0 Å². The van der Waals surface area contributed by atoms with Crippen LogP contribution in [0.3, 0.4) is 0 Å². The van der Waals surface area contributed by atoms with Crippen LogP contribution in [0, 0.1) is 5.92 Å². The zero-order valence-corrected chi connectivity index (χ0v) is 18.5. The maximum Gasteiger partial charge on any atom is 0.226 e. The first kappa shape index (κ1) is 21.6. The topological polar surface area (TPSA) is 23.6 Å². The Hall–Kier alpha value is -2.62. The molecular weight excluding hydrogens is 404 g/mol. The molecule has 2 fully saturated rings. The molecule has 0 N–H and O–H groups in total. The molecular formula is C27H29ClN2O. The van der Waals surface area contributed by atoms with E-state index in [1.165, 1.54) is 16.7 Å². The Morgan fingerprint density at radius 2 is 1.19 bits per heavy atom. The van der Waals surface area contributed by atoms with Crippen molar-refractivity contribution in [1.82, 2.24) is 9.80 Å². The fourth-order valence-corrected chi connectivity index (χ4v) is 4.86. The van der Waals surface area contributed by atoms with E-state index in [1.807, 2.05) is 6.07 Å². The average Bonchev–Trinajstić information content (AvgIpc) is 3.62. The van der Waals surface area contributed by atoms with Gasteiger partial charge in [-0.1, -0.05) is 91.0 Å². The second-order valence-electron chi connectivity index (χ2n) is 8.44. The van der Waals surface area contributed by atoms with Crippen molar-refractivity contribution in [2.45, 2.75) is 18.4 Å². The summed E-state index contributed by atoms with van der Waals surface area (Å²) >= 11 is 0. The number of halogens is 1. The van der Waals surface area contributed by atoms with Gasteiger partial charge in [-0.15, -0.1) is 12.4 Å². The fourth-order valence-electron chi connectivity index (χ4n) is 4.86. The highest BCUT2D eigenvalue weighted by Gasteiger charge is 2.46. The third kappa shape index (κ3) is 4.68. The van der Waals surface area contributed by atoms with Crippen LogP contribution in [0.1, 0.15) is 35.1 Å². The van der Waals surface area contributed by atoms with Crippen LogP contribution in [0.15, 0.2) is 91.0 Å². The summed E-state index contributed by atoms with van der Waals surface area (Å²) in [5.41, 5.74) is 3.94. The van der Waals surface area contributed by atoms with Crippen LogP contribution in [0.2, 0.25) is 0 Å². The zero-order chi connectivity index (χ0) is 20.3. The number of carbonyl (C=O) groups is 1. The van der Waals surface area contributed by atoms with Gasteiger partial charge >= 0.3 is 0 Å². The molecule has 2 atom stereocenters. The molecule has 160 valence electrons. The van der Waals surface area contributed by atoms with Crippen molar-refractivity contribution >= 4 is 18.3 Å². The first-order valence-corrected chi connectivity index (χ1v) is 11.0. The quantitative estimate of drug-likeness (QED) is 0.557. The zero-order valence-electron chi connectivity index (χ0n) is 17.6. The number of piperazine rings is 1. The van der Waals surface area contributed by atoms with E-state index in [0.29, 0.717) is 11.8 Å². The highest BCUT2D eigenvalue weighted by Crippen LogP contribution is 2.48. The second-order valence-corrected chi connectivity index (χ2v) is 8.44. The smallest absolute Gasteiger partial charge is 0.226 e. The van der Waals surface area contributed by atoms with Crippen molar-refractivity contribution < 1.29 is 4.79 Å². The van der Waals surface area contributed by atoms with E-state index in [-0.39, 0.29) is 24.4 Å². The lowest BCUT2D eigenvalue weighted by atomic mass is 9.96. The summed E-state index contributed by atoms with van der Waals surface area (Å²) in [6.45, 7) is 3.44.